The second-order valence-corrected chi connectivity index (χ2v) is 7.38. The first-order chi connectivity index (χ1) is 9.61. The van der Waals surface area contributed by atoms with Gasteiger partial charge in [0.2, 0.25) is 0 Å². The second-order valence-electron chi connectivity index (χ2n) is 3.86. The number of hydrogen-bond donors (Lipinski definition) is 2. The number of thiol groups is 1. The molecule has 0 amide bonds. The van der Waals surface area contributed by atoms with Crippen molar-refractivity contribution in [2.45, 2.75) is 16.2 Å². The Bertz CT molecular complexity index is 503. The summed E-state index contributed by atoms with van der Waals surface area (Å²) in [4.78, 5) is 2.23. The van der Waals surface area contributed by atoms with Crippen LogP contribution in [0.4, 0.5) is 0 Å². The van der Waals surface area contributed by atoms with Crippen LogP contribution in [0, 0.1) is 0 Å². The highest BCUT2D eigenvalue weighted by atomic mass is 79.9. The predicted octanol–water partition coefficient (Wildman–Crippen LogP) is 5.66. The van der Waals surface area contributed by atoms with E-state index in [9.17, 15) is 0 Å². The monoisotopic (exact) mass is 434 g/mol. The van der Waals surface area contributed by atoms with Crippen molar-refractivity contribution in [3.8, 4) is 0 Å². The van der Waals surface area contributed by atoms with E-state index in [-0.39, 0.29) is 6.61 Å². The summed E-state index contributed by atoms with van der Waals surface area (Å²) >= 11 is 12.6. The van der Waals surface area contributed by atoms with Gasteiger partial charge in [-0.2, -0.15) is 0 Å². The van der Waals surface area contributed by atoms with Crippen molar-refractivity contribution < 1.29 is 5.11 Å². The lowest BCUT2D eigenvalue weighted by Crippen LogP contribution is -1.84. The van der Waals surface area contributed by atoms with Crippen LogP contribution in [-0.2, 0) is 0 Å². The van der Waals surface area contributed by atoms with Crippen LogP contribution in [-0.4, -0.2) is 17.5 Å². The van der Waals surface area contributed by atoms with Gasteiger partial charge in [0.1, 0.15) is 0 Å². The fourth-order valence-electron chi connectivity index (χ4n) is 1.29. The molecule has 0 unspecified atom stereocenters. The third-order valence-electron chi connectivity index (χ3n) is 2.18. The Kier molecular flexibility index (Phi) is 9.72. The molecule has 0 aliphatic heterocycles. The zero-order chi connectivity index (χ0) is 14.8. The highest BCUT2D eigenvalue weighted by molar-refractivity contribution is 9.10. The van der Waals surface area contributed by atoms with Crippen molar-refractivity contribution in [2.24, 2.45) is 0 Å². The maximum atomic E-state index is 8.58. The van der Waals surface area contributed by atoms with Gasteiger partial charge in [0.25, 0.3) is 0 Å². The molecule has 0 aromatic heterocycles. The number of aliphatic hydroxyl groups excluding tert-OH is 1. The second kappa shape index (κ2) is 10.7. The van der Waals surface area contributed by atoms with E-state index in [2.05, 4.69) is 56.6 Å². The van der Waals surface area contributed by atoms with Crippen molar-refractivity contribution in [3.05, 3.63) is 57.5 Å². The Morgan fingerprint density at radius 2 is 1.65 bits per heavy atom. The fourth-order valence-corrected chi connectivity index (χ4v) is 3.53. The van der Waals surface area contributed by atoms with Crippen molar-refractivity contribution in [1.29, 1.82) is 0 Å². The Labute approximate surface area is 146 Å². The molecule has 0 atom stereocenters. The fraction of sp³-hybridized carbons (Fsp3) is 0.200. The Morgan fingerprint density at radius 1 is 1.00 bits per heavy atom. The van der Waals surface area contributed by atoms with Crippen molar-refractivity contribution >= 4 is 56.3 Å². The van der Waals surface area contributed by atoms with E-state index in [1.165, 1.54) is 4.90 Å². The zero-order valence-corrected chi connectivity index (χ0v) is 15.7. The van der Waals surface area contributed by atoms with Gasteiger partial charge in [0.15, 0.2) is 0 Å². The lowest BCUT2D eigenvalue weighted by molar-refractivity contribution is 0.296. The molecule has 108 valence electrons. The van der Waals surface area contributed by atoms with Gasteiger partial charge in [-0.25, -0.2) is 0 Å². The smallest absolute Gasteiger partial charge is 0.0439 e. The first-order valence-corrected chi connectivity index (χ1v) is 9.07. The number of rotatable bonds is 4. The molecule has 2 aromatic carbocycles. The molecule has 0 bridgehead atoms. The van der Waals surface area contributed by atoms with E-state index in [1.807, 2.05) is 36.4 Å². The van der Waals surface area contributed by atoms with E-state index in [0.717, 1.165) is 26.0 Å². The number of benzene rings is 2. The topological polar surface area (TPSA) is 20.2 Å². The van der Waals surface area contributed by atoms with E-state index in [4.69, 9.17) is 5.11 Å². The zero-order valence-electron chi connectivity index (χ0n) is 10.8. The Morgan fingerprint density at radius 3 is 2.15 bits per heavy atom. The molecular formula is C15H16Br2OS2. The van der Waals surface area contributed by atoms with E-state index >= 15 is 0 Å². The number of halogens is 2. The molecule has 2 rings (SSSR count). The SMILES string of the molecule is OCCCSc1cccc(Br)c1.Sc1cccc(Br)c1. The minimum Gasteiger partial charge on any atom is -0.396 e. The molecule has 0 fully saturated rings. The summed E-state index contributed by atoms with van der Waals surface area (Å²) in [6, 6.07) is 16.0. The van der Waals surface area contributed by atoms with Gasteiger partial charge in [-0.1, -0.05) is 44.0 Å². The van der Waals surface area contributed by atoms with E-state index in [0.29, 0.717) is 0 Å². The summed E-state index contributed by atoms with van der Waals surface area (Å²) in [6.45, 7) is 0.279. The van der Waals surface area contributed by atoms with Crippen molar-refractivity contribution in [1.82, 2.24) is 0 Å². The molecule has 0 aliphatic rings. The Balaban J connectivity index is 0.000000217. The quantitative estimate of drug-likeness (QED) is 0.367. The van der Waals surface area contributed by atoms with Gasteiger partial charge in [0.05, 0.1) is 0 Å². The summed E-state index contributed by atoms with van der Waals surface area (Å²) in [5.41, 5.74) is 0. The van der Waals surface area contributed by atoms with Crippen molar-refractivity contribution in [3.63, 3.8) is 0 Å². The highest BCUT2D eigenvalue weighted by Crippen LogP contribution is 2.22. The molecule has 5 heteroatoms. The van der Waals surface area contributed by atoms with Crippen LogP contribution in [0.1, 0.15) is 6.42 Å². The molecule has 0 spiro atoms. The summed E-state index contributed by atoms with van der Waals surface area (Å²) in [5.74, 6) is 0.979. The third kappa shape index (κ3) is 8.37. The summed E-state index contributed by atoms with van der Waals surface area (Å²) in [5, 5.41) is 8.58. The molecule has 0 saturated carbocycles. The average Bonchev–Trinajstić information content (AvgIpc) is 2.39. The molecule has 1 N–H and O–H groups in total. The first kappa shape index (κ1) is 18.1. The summed E-state index contributed by atoms with van der Waals surface area (Å²) in [7, 11) is 0. The van der Waals surface area contributed by atoms with Gasteiger partial charge in [-0.05, 0) is 42.8 Å². The molecule has 20 heavy (non-hydrogen) atoms. The normalized spacial score (nSPS) is 9.80. The van der Waals surface area contributed by atoms with E-state index < -0.39 is 0 Å². The van der Waals surface area contributed by atoms with Gasteiger partial charge in [-0.15, -0.1) is 24.4 Å². The maximum Gasteiger partial charge on any atom is 0.0439 e. The Hall–Kier alpha value is 0.0600. The molecule has 0 radical (unpaired) electrons. The van der Waals surface area contributed by atoms with Crippen LogP contribution in [0.3, 0.4) is 0 Å². The molecular weight excluding hydrogens is 420 g/mol. The first-order valence-electron chi connectivity index (χ1n) is 6.05. The number of aliphatic hydroxyl groups is 1. The summed E-state index contributed by atoms with van der Waals surface area (Å²) in [6.07, 6.45) is 0.858. The van der Waals surface area contributed by atoms with Crippen LogP contribution in [0.15, 0.2) is 67.3 Å². The van der Waals surface area contributed by atoms with Gasteiger partial charge in [0, 0.05) is 31.1 Å². The minimum atomic E-state index is 0.279. The number of thioether (sulfide) groups is 1. The maximum absolute atomic E-state index is 8.58. The minimum absolute atomic E-state index is 0.279. The number of hydrogen-bond acceptors (Lipinski definition) is 3. The largest absolute Gasteiger partial charge is 0.396 e. The van der Waals surface area contributed by atoms with E-state index in [1.54, 1.807) is 11.8 Å². The average molecular weight is 436 g/mol. The van der Waals surface area contributed by atoms with Crippen LogP contribution in [0.2, 0.25) is 0 Å². The standard InChI is InChI=1S/C9H11BrOS.C6H5BrS/c10-8-3-1-4-9(7-8)12-6-2-5-11;7-5-2-1-3-6(8)4-5/h1,3-4,7,11H,2,5-6H2;1-4,8H. The van der Waals surface area contributed by atoms with Gasteiger partial charge < -0.3 is 5.11 Å². The van der Waals surface area contributed by atoms with Gasteiger partial charge in [-0.3, -0.25) is 0 Å². The van der Waals surface area contributed by atoms with Crippen LogP contribution < -0.4 is 0 Å². The third-order valence-corrected chi connectivity index (χ3v) is 4.52. The van der Waals surface area contributed by atoms with Crippen molar-refractivity contribution in [2.75, 3.05) is 12.4 Å². The molecule has 0 heterocycles. The van der Waals surface area contributed by atoms with Crippen LogP contribution >= 0.6 is 56.3 Å². The van der Waals surface area contributed by atoms with Crippen LogP contribution in [0.5, 0.6) is 0 Å². The van der Waals surface area contributed by atoms with Gasteiger partial charge >= 0.3 is 0 Å². The van der Waals surface area contributed by atoms with Crippen LogP contribution in [0.25, 0.3) is 0 Å². The lowest BCUT2D eigenvalue weighted by atomic mass is 10.4. The molecule has 0 saturated heterocycles. The molecule has 0 aliphatic carbocycles. The molecule has 1 nitrogen and oxygen atoms in total. The molecule has 2 aromatic rings. The lowest BCUT2D eigenvalue weighted by Gasteiger charge is -1.99. The highest BCUT2D eigenvalue weighted by Gasteiger charge is 1.93. The summed E-state index contributed by atoms with van der Waals surface area (Å²) < 4.78 is 2.18. The predicted molar refractivity (Wildman–Crippen MR) is 98.0 cm³/mol.